The molecule has 0 heterocycles. The van der Waals surface area contributed by atoms with Crippen LogP contribution in [0.15, 0.2) is 29.3 Å². The van der Waals surface area contributed by atoms with Gasteiger partial charge in [0.15, 0.2) is 5.96 Å². The Labute approximate surface area is 143 Å². The number of benzene rings is 1. The van der Waals surface area contributed by atoms with Gasteiger partial charge in [-0.15, -0.1) is 24.0 Å². The van der Waals surface area contributed by atoms with Crippen LogP contribution in [0.5, 0.6) is 0 Å². The predicted octanol–water partition coefficient (Wildman–Crippen LogP) is 1.92. The van der Waals surface area contributed by atoms with Crippen LogP contribution in [0.1, 0.15) is 28.8 Å². The second-order valence-corrected chi connectivity index (χ2v) is 5.41. The van der Waals surface area contributed by atoms with Crippen LogP contribution in [0.25, 0.3) is 0 Å². The zero-order valence-corrected chi connectivity index (χ0v) is 15.1. The molecule has 0 unspecified atom stereocenters. The third kappa shape index (κ3) is 4.87. The number of hydrogen-bond acceptors (Lipinski definition) is 2. The minimum atomic E-state index is 0. The van der Waals surface area contributed by atoms with E-state index in [-0.39, 0.29) is 29.9 Å². The van der Waals surface area contributed by atoms with Crippen LogP contribution >= 0.6 is 24.0 Å². The molecule has 116 valence electrons. The van der Waals surface area contributed by atoms with E-state index in [0.717, 1.165) is 5.56 Å². The molecule has 1 aromatic carbocycles. The summed E-state index contributed by atoms with van der Waals surface area (Å²) < 4.78 is 0. The van der Waals surface area contributed by atoms with Gasteiger partial charge in [0.25, 0.3) is 5.91 Å². The van der Waals surface area contributed by atoms with Gasteiger partial charge >= 0.3 is 0 Å². The summed E-state index contributed by atoms with van der Waals surface area (Å²) in [4.78, 5) is 19.8. The summed E-state index contributed by atoms with van der Waals surface area (Å²) in [5, 5.41) is 0. The van der Waals surface area contributed by atoms with E-state index in [1.165, 1.54) is 12.8 Å². The number of halogens is 1. The molecule has 5 nitrogen and oxygen atoms in total. The molecule has 6 heteroatoms. The van der Waals surface area contributed by atoms with E-state index in [1.54, 1.807) is 19.0 Å². The molecule has 21 heavy (non-hydrogen) atoms. The molecule has 0 aromatic heterocycles. The van der Waals surface area contributed by atoms with Crippen molar-refractivity contribution in [3.8, 4) is 0 Å². The van der Waals surface area contributed by atoms with Crippen molar-refractivity contribution < 1.29 is 4.79 Å². The maximum Gasteiger partial charge on any atom is 0.253 e. The first-order chi connectivity index (χ1) is 9.49. The Kier molecular flexibility index (Phi) is 6.44. The lowest BCUT2D eigenvalue weighted by atomic mass is 10.1. The van der Waals surface area contributed by atoms with E-state index in [1.807, 2.05) is 36.2 Å². The largest absolute Gasteiger partial charge is 0.370 e. The smallest absolute Gasteiger partial charge is 0.253 e. The average Bonchev–Trinajstić information content (AvgIpc) is 3.28. The Hall–Kier alpha value is -1.31. The quantitative estimate of drug-likeness (QED) is 0.476. The maximum absolute atomic E-state index is 11.8. The van der Waals surface area contributed by atoms with Crippen molar-refractivity contribution in [2.45, 2.75) is 25.4 Å². The van der Waals surface area contributed by atoms with Crippen molar-refractivity contribution in [3.05, 3.63) is 35.4 Å². The van der Waals surface area contributed by atoms with Crippen molar-refractivity contribution in [2.75, 3.05) is 21.1 Å². The molecular formula is C15H23IN4O. The van der Waals surface area contributed by atoms with E-state index < -0.39 is 0 Å². The molecule has 2 N–H and O–H groups in total. The number of aliphatic imine (C=N–C) groups is 1. The molecule has 0 bridgehead atoms. The molecule has 0 radical (unpaired) electrons. The Morgan fingerprint density at radius 1 is 1.24 bits per heavy atom. The predicted molar refractivity (Wildman–Crippen MR) is 96.0 cm³/mol. The maximum atomic E-state index is 11.8. The summed E-state index contributed by atoms with van der Waals surface area (Å²) in [6, 6.07) is 8.07. The van der Waals surface area contributed by atoms with Crippen LogP contribution in [0.2, 0.25) is 0 Å². The minimum Gasteiger partial charge on any atom is -0.370 e. The molecule has 1 saturated carbocycles. The molecule has 2 rings (SSSR count). The molecule has 0 saturated heterocycles. The van der Waals surface area contributed by atoms with Crippen LogP contribution in [0.4, 0.5) is 0 Å². The van der Waals surface area contributed by atoms with E-state index in [0.29, 0.717) is 24.1 Å². The van der Waals surface area contributed by atoms with Gasteiger partial charge < -0.3 is 15.5 Å². The number of carbonyl (C=O) groups excluding carboxylic acids is 1. The van der Waals surface area contributed by atoms with Crippen molar-refractivity contribution >= 4 is 35.8 Å². The monoisotopic (exact) mass is 402 g/mol. The molecule has 0 spiro atoms. The molecule has 1 aromatic rings. The number of carbonyl (C=O) groups is 1. The lowest BCUT2D eigenvalue weighted by Crippen LogP contribution is -2.35. The van der Waals surface area contributed by atoms with Crippen molar-refractivity contribution in [3.63, 3.8) is 0 Å². The second-order valence-electron chi connectivity index (χ2n) is 5.41. The van der Waals surface area contributed by atoms with Crippen LogP contribution in [-0.2, 0) is 6.54 Å². The van der Waals surface area contributed by atoms with Crippen LogP contribution in [0, 0.1) is 0 Å². The molecule has 1 aliphatic rings. The van der Waals surface area contributed by atoms with Gasteiger partial charge in [0, 0.05) is 32.7 Å². The van der Waals surface area contributed by atoms with Gasteiger partial charge in [-0.2, -0.15) is 0 Å². The summed E-state index contributed by atoms with van der Waals surface area (Å²) in [5.41, 5.74) is 7.67. The topological polar surface area (TPSA) is 61.9 Å². The Morgan fingerprint density at radius 3 is 2.29 bits per heavy atom. The summed E-state index contributed by atoms with van der Waals surface area (Å²) in [6.45, 7) is 0.541. The summed E-state index contributed by atoms with van der Waals surface area (Å²) >= 11 is 0. The Balaban J connectivity index is 0.00000220. The van der Waals surface area contributed by atoms with E-state index in [4.69, 9.17) is 5.73 Å². The molecule has 1 fully saturated rings. The molecule has 0 atom stereocenters. The first kappa shape index (κ1) is 17.7. The second kappa shape index (κ2) is 7.63. The highest BCUT2D eigenvalue weighted by Crippen LogP contribution is 2.24. The van der Waals surface area contributed by atoms with Gasteiger partial charge in [-0.05, 0) is 30.5 Å². The molecule has 0 aliphatic heterocycles. The number of amides is 1. The summed E-state index contributed by atoms with van der Waals surface area (Å²) in [5.74, 6) is 0.592. The van der Waals surface area contributed by atoms with Gasteiger partial charge in [-0.25, -0.2) is 4.99 Å². The molecular weight excluding hydrogens is 379 g/mol. The van der Waals surface area contributed by atoms with Gasteiger partial charge in [0.2, 0.25) is 0 Å². The Bertz CT molecular complexity index is 509. The Morgan fingerprint density at radius 2 is 1.81 bits per heavy atom. The van der Waals surface area contributed by atoms with E-state index in [9.17, 15) is 4.79 Å². The number of nitrogens with zero attached hydrogens (tertiary/aromatic N) is 3. The normalized spacial score (nSPS) is 14.3. The summed E-state index contributed by atoms with van der Waals surface area (Å²) in [6.07, 6.45) is 2.40. The number of guanidine groups is 1. The SMILES string of the molecule is CN(C)C(=O)c1ccc(CN=C(N)N(C)C2CC2)cc1.I. The zero-order chi connectivity index (χ0) is 14.7. The molecule has 1 amide bonds. The fourth-order valence-electron chi connectivity index (χ4n) is 1.94. The van der Waals surface area contributed by atoms with E-state index in [2.05, 4.69) is 4.99 Å². The van der Waals surface area contributed by atoms with Crippen molar-refractivity contribution in [1.82, 2.24) is 9.80 Å². The third-order valence-electron chi connectivity index (χ3n) is 3.49. The van der Waals surface area contributed by atoms with Gasteiger partial charge in [-0.3, -0.25) is 4.79 Å². The number of nitrogens with two attached hydrogens (primary N) is 1. The third-order valence-corrected chi connectivity index (χ3v) is 3.49. The standard InChI is InChI=1S/C15H22N4O.HI/c1-18(2)14(20)12-6-4-11(5-7-12)10-17-15(16)19(3)13-8-9-13;/h4-7,13H,8-10H2,1-3H3,(H2,16,17);1H. The lowest BCUT2D eigenvalue weighted by Gasteiger charge is -2.16. The number of rotatable bonds is 4. The first-order valence-corrected chi connectivity index (χ1v) is 6.82. The number of hydrogen-bond donors (Lipinski definition) is 1. The van der Waals surface area contributed by atoms with Gasteiger partial charge in [0.05, 0.1) is 6.54 Å². The van der Waals surface area contributed by atoms with E-state index >= 15 is 0 Å². The fourth-order valence-corrected chi connectivity index (χ4v) is 1.94. The first-order valence-electron chi connectivity index (χ1n) is 6.82. The fraction of sp³-hybridized carbons (Fsp3) is 0.467. The minimum absolute atomic E-state index is 0. The van der Waals surface area contributed by atoms with Crippen LogP contribution in [0.3, 0.4) is 0 Å². The van der Waals surface area contributed by atoms with Crippen LogP contribution in [-0.4, -0.2) is 48.9 Å². The highest BCUT2D eigenvalue weighted by Gasteiger charge is 2.27. The van der Waals surface area contributed by atoms with Gasteiger partial charge in [-0.1, -0.05) is 12.1 Å². The van der Waals surface area contributed by atoms with Crippen LogP contribution < -0.4 is 5.73 Å². The zero-order valence-electron chi connectivity index (χ0n) is 12.7. The highest BCUT2D eigenvalue weighted by molar-refractivity contribution is 14.0. The van der Waals surface area contributed by atoms with Crippen molar-refractivity contribution in [1.29, 1.82) is 0 Å². The van der Waals surface area contributed by atoms with Gasteiger partial charge in [0.1, 0.15) is 0 Å². The summed E-state index contributed by atoms with van der Waals surface area (Å²) in [7, 11) is 5.47. The molecule has 1 aliphatic carbocycles. The average molecular weight is 402 g/mol. The highest BCUT2D eigenvalue weighted by atomic mass is 127. The lowest BCUT2D eigenvalue weighted by molar-refractivity contribution is 0.0827. The van der Waals surface area contributed by atoms with Crippen molar-refractivity contribution in [2.24, 2.45) is 10.7 Å².